The summed E-state index contributed by atoms with van der Waals surface area (Å²) in [6.07, 6.45) is 3.70. The molecule has 1 fully saturated rings. The fraction of sp³-hybridized carbons (Fsp3) is 0.538. The lowest BCUT2D eigenvalue weighted by Gasteiger charge is -2.26. The van der Waals surface area contributed by atoms with Gasteiger partial charge in [-0.05, 0) is 37.8 Å². The molecule has 19 heavy (non-hydrogen) atoms. The van der Waals surface area contributed by atoms with E-state index in [1.807, 2.05) is 6.07 Å². The Hall–Kier alpha value is -1.14. The fourth-order valence-electron chi connectivity index (χ4n) is 2.67. The average Bonchev–Trinajstić information content (AvgIpc) is 2.84. The summed E-state index contributed by atoms with van der Waals surface area (Å²) in [6.45, 7) is 1.02. The first-order valence-corrected chi connectivity index (χ1v) is 7.24. The van der Waals surface area contributed by atoms with Gasteiger partial charge in [0.05, 0.1) is 4.92 Å². The first kappa shape index (κ1) is 14.3. The van der Waals surface area contributed by atoms with Crippen LogP contribution < -0.4 is 4.90 Å². The normalized spacial score (nSPS) is 18.8. The number of hydrogen-bond donors (Lipinski definition) is 1. The molecule has 1 heterocycles. The van der Waals surface area contributed by atoms with E-state index in [9.17, 15) is 10.1 Å². The molecule has 0 saturated carbocycles. The number of nitrogens with zero attached hydrogens (tertiary/aromatic N) is 2. The molecule has 1 unspecified atom stereocenters. The Morgan fingerprint density at radius 2 is 2.32 bits per heavy atom. The molecule has 5 nitrogen and oxygen atoms in total. The van der Waals surface area contributed by atoms with E-state index in [0.29, 0.717) is 16.2 Å². The van der Waals surface area contributed by atoms with E-state index in [2.05, 4.69) is 20.8 Å². The predicted molar refractivity (Wildman–Crippen MR) is 77.5 cm³/mol. The van der Waals surface area contributed by atoms with E-state index in [0.717, 1.165) is 32.2 Å². The van der Waals surface area contributed by atoms with E-state index in [-0.39, 0.29) is 17.2 Å². The predicted octanol–water partition coefficient (Wildman–Crippen LogP) is 3.10. The zero-order chi connectivity index (χ0) is 13.8. The topological polar surface area (TPSA) is 66.6 Å². The molecule has 2 rings (SSSR count). The lowest BCUT2D eigenvalue weighted by Crippen LogP contribution is -2.29. The molecule has 0 bridgehead atoms. The smallest absolute Gasteiger partial charge is 0.293 e. The number of anilines is 1. The molecule has 0 spiro atoms. The van der Waals surface area contributed by atoms with Crippen LogP contribution in [0.4, 0.5) is 11.4 Å². The monoisotopic (exact) mass is 328 g/mol. The Kier molecular flexibility index (Phi) is 4.76. The number of aliphatic hydroxyl groups is 1. The second-order valence-corrected chi connectivity index (χ2v) is 5.66. The third-order valence-corrected chi connectivity index (χ3v) is 4.01. The molecule has 0 amide bonds. The molecule has 0 aromatic heterocycles. The van der Waals surface area contributed by atoms with Gasteiger partial charge in [-0.15, -0.1) is 0 Å². The van der Waals surface area contributed by atoms with E-state index >= 15 is 0 Å². The van der Waals surface area contributed by atoms with E-state index in [4.69, 9.17) is 5.11 Å². The Morgan fingerprint density at radius 1 is 1.53 bits per heavy atom. The van der Waals surface area contributed by atoms with Gasteiger partial charge in [-0.25, -0.2) is 0 Å². The second kappa shape index (κ2) is 6.34. The van der Waals surface area contributed by atoms with E-state index < -0.39 is 0 Å². The van der Waals surface area contributed by atoms with E-state index in [1.165, 1.54) is 0 Å². The van der Waals surface area contributed by atoms with Crippen LogP contribution in [0.5, 0.6) is 0 Å². The van der Waals surface area contributed by atoms with Crippen LogP contribution >= 0.6 is 15.9 Å². The third kappa shape index (κ3) is 3.25. The molecule has 6 heteroatoms. The standard InChI is InChI=1S/C13H17BrN2O3/c14-10-5-6-12(13(9-10)16(18)19)15-7-1-3-11(15)4-2-8-17/h5-6,9,11,17H,1-4,7-8H2. The van der Waals surface area contributed by atoms with Gasteiger partial charge in [0.25, 0.3) is 5.69 Å². The lowest BCUT2D eigenvalue weighted by molar-refractivity contribution is -0.384. The third-order valence-electron chi connectivity index (χ3n) is 3.52. The zero-order valence-electron chi connectivity index (χ0n) is 10.6. The van der Waals surface area contributed by atoms with Gasteiger partial charge in [-0.1, -0.05) is 15.9 Å². The molecule has 1 aromatic rings. The van der Waals surface area contributed by atoms with Gasteiger partial charge in [0.2, 0.25) is 0 Å². The molecule has 1 aromatic carbocycles. The Bertz CT molecular complexity index is 467. The summed E-state index contributed by atoms with van der Waals surface area (Å²) in [5.74, 6) is 0. The summed E-state index contributed by atoms with van der Waals surface area (Å²) >= 11 is 3.27. The molecule has 1 aliphatic heterocycles. The van der Waals surface area contributed by atoms with Gasteiger partial charge in [0, 0.05) is 29.7 Å². The average molecular weight is 329 g/mol. The number of benzene rings is 1. The summed E-state index contributed by atoms with van der Waals surface area (Å²) < 4.78 is 0.717. The number of halogens is 1. The largest absolute Gasteiger partial charge is 0.396 e. The van der Waals surface area contributed by atoms with Crippen molar-refractivity contribution in [3.8, 4) is 0 Å². The fourth-order valence-corrected chi connectivity index (χ4v) is 3.01. The number of hydrogen-bond acceptors (Lipinski definition) is 4. The summed E-state index contributed by atoms with van der Waals surface area (Å²) in [7, 11) is 0. The molecular weight excluding hydrogens is 312 g/mol. The Morgan fingerprint density at radius 3 is 3.00 bits per heavy atom. The SMILES string of the molecule is O=[N+]([O-])c1cc(Br)ccc1N1CCCC1CCCO. The second-order valence-electron chi connectivity index (χ2n) is 4.75. The minimum absolute atomic E-state index is 0.144. The maximum atomic E-state index is 11.2. The van der Waals surface area contributed by atoms with Crippen LogP contribution in [-0.4, -0.2) is 29.2 Å². The molecular formula is C13H17BrN2O3. The van der Waals surface area contributed by atoms with Crippen LogP contribution in [0.3, 0.4) is 0 Å². The summed E-state index contributed by atoms with van der Waals surface area (Å²) in [5.41, 5.74) is 0.832. The Balaban J connectivity index is 2.27. The van der Waals surface area contributed by atoms with Crippen LogP contribution in [-0.2, 0) is 0 Å². The van der Waals surface area contributed by atoms with Crippen LogP contribution in [0.1, 0.15) is 25.7 Å². The minimum Gasteiger partial charge on any atom is -0.396 e. The molecule has 1 atom stereocenters. The molecule has 0 aliphatic carbocycles. The maximum Gasteiger partial charge on any atom is 0.293 e. The summed E-state index contributed by atoms with van der Waals surface area (Å²) in [4.78, 5) is 12.9. The van der Waals surface area contributed by atoms with Crippen molar-refractivity contribution >= 4 is 27.3 Å². The van der Waals surface area contributed by atoms with Crippen molar-refractivity contribution in [3.63, 3.8) is 0 Å². The van der Waals surface area contributed by atoms with Crippen LogP contribution in [0.15, 0.2) is 22.7 Å². The summed E-state index contributed by atoms with van der Waals surface area (Å²) in [6, 6.07) is 5.49. The van der Waals surface area contributed by atoms with Crippen molar-refractivity contribution in [3.05, 3.63) is 32.8 Å². The first-order chi connectivity index (χ1) is 9.13. The van der Waals surface area contributed by atoms with Gasteiger partial charge in [-0.3, -0.25) is 10.1 Å². The minimum atomic E-state index is -0.332. The molecule has 1 N–H and O–H groups in total. The van der Waals surface area contributed by atoms with Gasteiger partial charge in [-0.2, -0.15) is 0 Å². The van der Waals surface area contributed by atoms with Crippen molar-refractivity contribution in [1.29, 1.82) is 0 Å². The quantitative estimate of drug-likeness (QED) is 0.666. The first-order valence-electron chi connectivity index (χ1n) is 6.45. The van der Waals surface area contributed by atoms with Crippen LogP contribution in [0.25, 0.3) is 0 Å². The number of rotatable bonds is 5. The van der Waals surface area contributed by atoms with Crippen molar-refractivity contribution in [2.75, 3.05) is 18.1 Å². The Labute approximate surface area is 120 Å². The highest BCUT2D eigenvalue weighted by Crippen LogP contribution is 2.36. The van der Waals surface area contributed by atoms with Gasteiger partial charge in [0.1, 0.15) is 5.69 Å². The highest BCUT2D eigenvalue weighted by molar-refractivity contribution is 9.10. The lowest BCUT2D eigenvalue weighted by atomic mass is 10.1. The maximum absolute atomic E-state index is 11.2. The van der Waals surface area contributed by atoms with Crippen molar-refractivity contribution in [2.24, 2.45) is 0 Å². The van der Waals surface area contributed by atoms with Gasteiger partial charge in [0.15, 0.2) is 0 Å². The van der Waals surface area contributed by atoms with Crippen LogP contribution in [0, 0.1) is 10.1 Å². The van der Waals surface area contributed by atoms with Gasteiger partial charge < -0.3 is 10.0 Å². The number of aliphatic hydroxyl groups excluding tert-OH is 1. The highest BCUT2D eigenvalue weighted by Gasteiger charge is 2.29. The van der Waals surface area contributed by atoms with Crippen molar-refractivity contribution in [1.82, 2.24) is 0 Å². The number of nitro groups is 1. The number of nitro benzene ring substituents is 1. The molecule has 0 radical (unpaired) electrons. The van der Waals surface area contributed by atoms with Crippen LogP contribution in [0.2, 0.25) is 0 Å². The molecule has 1 aliphatic rings. The van der Waals surface area contributed by atoms with E-state index in [1.54, 1.807) is 12.1 Å². The van der Waals surface area contributed by atoms with Gasteiger partial charge >= 0.3 is 0 Å². The molecule has 104 valence electrons. The highest BCUT2D eigenvalue weighted by atomic mass is 79.9. The zero-order valence-corrected chi connectivity index (χ0v) is 12.2. The summed E-state index contributed by atoms with van der Waals surface area (Å²) in [5, 5.41) is 20.1. The van der Waals surface area contributed by atoms with Crippen molar-refractivity contribution < 1.29 is 10.0 Å². The van der Waals surface area contributed by atoms with Crippen molar-refractivity contribution in [2.45, 2.75) is 31.7 Å². The molecule has 1 saturated heterocycles.